The van der Waals surface area contributed by atoms with Gasteiger partial charge in [0.05, 0.1) is 32.2 Å². The molecule has 236 valence electrons. The van der Waals surface area contributed by atoms with Crippen molar-refractivity contribution in [2.24, 2.45) is 5.92 Å². The van der Waals surface area contributed by atoms with Gasteiger partial charge in [-0.3, -0.25) is 9.59 Å². The lowest BCUT2D eigenvalue weighted by Gasteiger charge is -2.53. The summed E-state index contributed by atoms with van der Waals surface area (Å²) in [5.41, 5.74) is 0.688. The molecule has 2 rings (SSSR count). The number of aliphatic hydroxyl groups excluding tert-OH is 1. The third-order valence-electron chi connectivity index (χ3n) is 7.97. The third kappa shape index (κ3) is 11.2. The van der Waals surface area contributed by atoms with Crippen molar-refractivity contribution in [3.05, 3.63) is 47.6 Å². The predicted octanol–water partition coefficient (Wildman–Crippen LogP) is 5.96. The molecule has 2 aliphatic rings. The molecule has 42 heavy (non-hydrogen) atoms. The van der Waals surface area contributed by atoms with Crippen molar-refractivity contribution < 1.29 is 43.5 Å². The molecule has 0 saturated carbocycles. The van der Waals surface area contributed by atoms with Crippen LogP contribution < -0.4 is 0 Å². The number of carboxylic acids is 1. The van der Waals surface area contributed by atoms with Gasteiger partial charge in [0, 0.05) is 18.9 Å². The highest BCUT2D eigenvalue weighted by molar-refractivity contribution is 5.83. The minimum atomic E-state index is -1.06. The van der Waals surface area contributed by atoms with Crippen molar-refractivity contribution in [1.82, 2.24) is 0 Å². The van der Waals surface area contributed by atoms with E-state index in [0.29, 0.717) is 43.6 Å². The number of hydrogen-bond acceptors (Lipinski definition) is 8. The van der Waals surface area contributed by atoms with Crippen LogP contribution in [0, 0.1) is 5.92 Å². The molecule has 9 heteroatoms. The number of carboxylic acid groups (broad SMARTS) is 1. The minimum Gasteiger partial charge on any atom is -0.481 e. The standard InChI is InChI=1S/C33H50O9/c1-7-8-18-32(42-30(37)16-15-29(35)36)20-21-33(41-28(32)14-11-24(3)22-31(38)39-6)19-17-25(4)27(40-33)13-10-23(2)9-12-26(5)34/h9-12,14,22,25-28,34H,7-8,13,15-21H2,1-6H3,(H,35,36)/b12-9+,14-11+,23-10+,24-22+/t25-,26+,27+,28-,32+,33-/m0/s1. The number of carbonyl (C=O) groups excluding carboxylic acids is 2. The van der Waals surface area contributed by atoms with Crippen LogP contribution in [0.3, 0.4) is 0 Å². The maximum Gasteiger partial charge on any atom is 0.330 e. The van der Waals surface area contributed by atoms with Gasteiger partial charge in [-0.15, -0.1) is 0 Å². The lowest BCUT2D eigenvalue weighted by Crippen LogP contribution is -2.59. The highest BCUT2D eigenvalue weighted by atomic mass is 16.7. The van der Waals surface area contributed by atoms with Gasteiger partial charge in [-0.05, 0) is 64.4 Å². The average Bonchev–Trinajstić information content (AvgIpc) is 2.94. The molecule has 9 nitrogen and oxygen atoms in total. The molecular weight excluding hydrogens is 540 g/mol. The number of esters is 2. The molecule has 0 amide bonds. The topological polar surface area (TPSA) is 129 Å². The van der Waals surface area contributed by atoms with Gasteiger partial charge in [-0.25, -0.2) is 4.79 Å². The Morgan fingerprint density at radius 1 is 1.07 bits per heavy atom. The zero-order valence-corrected chi connectivity index (χ0v) is 26.1. The molecule has 0 aliphatic carbocycles. The van der Waals surface area contributed by atoms with Crippen LogP contribution >= 0.6 is 0 Å². The van der Waals surface area contributed by atoms with Gasteiger partial charge in [-0.1, -0.05) is 56.2 Å². The second kappa shape index (κ2) is 16.8. The third-order valence-corrected chi connectivity index (χ3v) is 7.97. The second-order valence-electron chi connectivity index (χ2n) is 11.7. The van der Waals surface area contributed by atoms with Crippen molar-refractivity contribution >= 4 is 17.9 Å². The van der Waals surface area contributed by atoms with Crippen LogP contribution in [0.5, 0.6) is 0 Å². The molecule has 0 aromatic rings. The van der Waals surface area contributed by atoms with E-state index in [1.54, 1.807) is 26.0 Å². The maximum absolute atomic E-state index is 12.9. The number of rotatable bonds is 14. The zero-order valence-electron chi connectivity index (χ0n) is 26.1. The number of methoxy groups -OCH3 is 1. The molecule has 2 fully saturated rings. The summed E-state index contributed by atoms with van der Waals surface area (Å²) in [4.78, 5) is 35.7. The Bertz CT molecular complexity index is 1040. The molecule has 0 aromatic heterocycles. The summed E-state index contributed by atoms with van der Waals surface area (Å²) in [6.45, 7) is 9.70. The van der Waals surface area contributed by atoms with Crippen LogP contribution in [-0.2, 0) is 33.3 Å². The number of aliphatic carboxylic acids is 1. The highest BCUT2D eigenvalue weighted by Crippen LogP contribution is 2.48. The van der Waals surface area contributed by atoms with Crippen LogP contribution in [0.15, 0.2) is 47.6 Å². The van der Waals surface area contributed by atoms with Gasteiger partial charge in [0.15, 0.2) is 5.79 Å². The number of aliphatic hydroxyl groups is 1. The van der Waals surface area contributed by atoms with Crippen molar-refractivity contribution in [3.63, 3.8) is 0 Å². The molecule has 0 aromatic carbocycles. The van der Waals surface area contributed by atoms with E-state index in [9.17, 15) is 19.5 Å². The van der Waals surface area contributed by atoms with Crippen LogP contribution in [0.4, 0.5) is 0 Å². The van der Waals surface area contributed by atoms with Gasteiger partial charge in [0.1, 0.15) is 11.7 Å². The molecule has 2 saturated heterocycles. The molecule has 0 radical (unpaired) electrons. The number of unbranched alkanes of at least 4 members (excludes halogenated alkanes) is 1. The lowest BCUT2D eigenvalue weighted by molar-refractivity contribution is -0.344. The summed E-state index contributed by atoms with van der Waals surface area (Å²) in [7, 11) is 1.31. The van der Waals surface area contributed by atoms with E-state index in [-0.39, 0.29) is 18.9 Å². The number of allylic oxidation sites excluding steroid dienone is 4. The molecular formula is C33H50O9. The lowest BCUT2D eigenvalue weighted by atomic mass is 9.78. The summed E-state index contributed by atoms with van der Waals surface area (Å²) in [5.74, 6) is -2.67. The van der Waals surface area contributed by atoms with E-state index in [2.05, 4.69) is 19.9 Å². The Morgan fingerprint density at radius 2 is 1.81 bits per heavy atom. The summed E-state index contributed by atoms with van der Waals surface area (Å²) in [5, 5.41) is 18.6. The number of ether oxygens (including phenoxy) is 4. The number of hydrogen-bond donors (Lipinski definition) is 2. The van der Waals surface area contributed by atoms with Crippen molar-refractivity contribution in [3.8, 4) is 0 Å². The second-order valence-corrected chi connectivity index (χ2v) is 11.7. The Labute approximate surface area is 250 Å². The number of carbonyl (C=O) groups is 3. The smallest absolute Gasteiger partial charge is 0.330 e. The Hall–Kier alpha value is -2.75. The van der Waals surface area contributed by atoms with Gasteiger partial charge in [0.2, 0.25) is 0 Å². The fourth-order valence-corrected chi connectivity index (χ4v) is 5.38. The van der Waals surface area contributed by atoms with E-state index in [4.69, 9.17) is 24.1 Å². The molecule has 0 bridgehead atoms. The van der Waals surface area contributed by atoms with Gasteiger partial charge >= 0.3 is 17.9 Å². The Morgan fingerprint density at radius 3 is 2.45 bits per heavy atom. The van der Waals surface area contributed by atoms with E-state index in [1.165, 1.54) is 13.2 Å². The first-order chi connectivity index (χ1) is 19.8. The summed E-state index contributed by atoms with van der Waals surface area (Å²) in [6.07, 6.45) is 14.4. The minimum absolute atomic E-state index is 0.0829. The van der Waals surface area contributed by atoms with Crippen molar-refractivity contribution in [2.75, 3.05) is 7.11 Å². The van der Waals surface area contributed by atoms with Gasteiger partial charge in [0.25, 0.3) is 0 Å². The van der Waals surface area contributed by atoms with Crippen LogP contribution in [0.1, 0.15) is 98.8 Å². The van der Waals surface area contributed by atoms with Crippen molar-refractivity contribution in [1.29, 1.82) is 0 Å². The first kappa shape index (κ1) is 35.4. The predicted molar refractivity (Wildman–Crippen MR) is 159 cm³/mol. The molecule has 2 aliphatic heterocycles. The molecule has 1 spiro atoms. The average molecular weight is 591 g/mol. The van der Waals surface area contributed by atoms with E-state index in [0.717, 1.165) is 24.8 Å². The SMILES string of the molecule is CCCC[C@@]1(OC(=O)CCC(=O)O)CC[C@]2(CC[C@H](C)[C@@H](C/C=C(C)/C=C/[C@@H](C)O)O2)O[C@H]1/C=C/C(C)=C/C(=O)OC. The molecule has 2 N–H and O–H groups in total. The molecule has 0 unspecified atom stereocenters. The maximum atomic E-state index is 12.9. The fourth-order valence-electron chi connectivity index (χ4n) is 5.38. The molecule has 6 atom stereocenters. The van der Waals surface area contributed by atoms with Crippen molar-refractivity contribution in [2.45, 2.75) is 129 Å². The van der Waals surface area contributed by atoms with Crippen LogP contribution in [0.25, 0.3) is 0 Å². The summed E-state index contributed by atoms with van der Waals surface area (Å²) in [6, 6.07) is 0. The largest absolute Gasteiger partial charge is 0.481 e. The van der Waals surface area contributed by atoms with Gasteiger partial charge < -0.3 is 29.2 Å². The quantitative estimate of drug-likeness (QED) is 0.143. The Balaban J connectivity index is 2.39. The van der Waals surface area contributed by atoms with E-state index < -0.39 is 41.5 Å². The monoisotopic (exact) mass is 590 g/mol. The fraction of sp³-hybridized carbons (Fsp3) is 0.667. The summed E-state index contributed by atoms with van der Waals surface area (Å²) >= 11 is 0. The Kier molecular flexibility index (Phi) is 14.2. The summed E-state index contributed by atoms with van der Waals surface area (Å²) < 4.78 is 24.4. The molecule has 2 heterocycles. The van der Waals surface area contributed by atoms with Gasteiger partial charge in [-0.2, -0.15) is 0 Å². The van der Waals surface area contributed by atoms with E-state index in [1.807, 2.05) is 19.1 Å². The first-order valence-electron chi connectivity index (χ1n) is 15.1. The van der Waals surface area contributed by atoms with Crippen LogP contribution in [0.2, 0.25) is 0 Å². The highest BCUT2D eigenvalue weighted by Gasteiger charge is 2.54. The zero-order chi connectivity index (χ0) is 31.3. The first-order valence-corrected chi connectivity index (χ1v) is 15.1. The normalized spacial score (nSPS) is 29.6. The van der Waals surface area contributed by atoms with Crippen LogP contribution in [-0.4, -0.2) is 64.9 Å². The van der Waals surface area contributed by atoms with E-state index >= 15 is 0 Å².